The summed E-state index contributed by atoms with van der Waals surface area (Å²) in [6, 6.07) is 8.04. The largest absolute Gasteiger partial charge is 0.488 e. The highest BCUT2D eigenvalue weighted by molar-refractivity contribution is 5.91. The van der Waals surface area contributed by atoms with E-state index in [2.05, 4.69) is 10.6 Å². The lowest BCUT2D eigenvalue weighted by Gasteiger charge is -2.34. The standard InChI is InChI=1S/C34H45F3N4O7/c1-5-47-32(45)10-8-6-7-9-30(43)38-27-15-16-28-24(17-27)18-31(44)41(23(3)21-42)19-22(2)29(48-28)20-40(4)33(46)39-26-13-11-25(12-14-26)34(35,36)37/h11-17,22-23,29,42H,5-10,18-21H2,1-4H3,(H,38,43)(H,39,46)/t22-,23+,29-/m1/s1. The molecule has 14 heteroatoms. The third-order valence-corrected chi connectivity index (χ3v) is 8.05. The van der Waals surface area contributed by atoms with Crippen LogP contribution in [0.4, 0.5) is 29.3 Å². The smallest absolute Gasteiger partial charge is 0.416 e. The van der Waals surface area contributed by atoms with E-state index in [4.69, 9.17) is 9.47 Å². The van der Waals surface area contributed by atoms with Crippen LogP contribution < -0.4 is 15.4 Å². The van der Waals surface area contributed by atoms with Gasteiger partial charge in [-0.1, -0.05) is 13.3 Å². The van der Waals surface area contributed by atoms with E-state index in [9.17, 15) is 37.5 Å². The van der Waals surface area contributed by atoms with Crippen molar-refractivity contribution in [2.24, 2.45) is 5.92 Å². The maximum Gasteiger partial charge on any atom is 0.416 e. The second-order valence-electron chi connectivity index (χ2n) is 12.0. The van der Waals surface area contributed by atoms with Gasteiger partial charge in [-0.05, 0) is 69.2 Å². The number of fused-ring (bicyclic) bond motifs is 1. The Morgan fingerprint density at radius 2 is 1.73 bits per heavy atom. The first-order valence-electron chi connectivity index (χ1n) is 16.1. The molecule has 0 spiro atoms. The fourth-order valence-electron chi connectivity index (χ4n) is 5.23. The number of hydrogen-bond donors (Lipinski definition) is 3. The van der Waals surface area contributed by atoms with Gasteiger partial charge in [0.15, 0.2) is 0 Å². The summed E-state index contributed by atoms with van der Waals surface area (Å²) in [5.41, 5.74) is 0.342. The number of carbonyl (C=O) groups excluding carboxylic acids is 4. The van der Waals surface area contributed by atoms with Crippen molar-refractivity contribution in [3.8, 4) is 5.75 Å². The average Bonchev–Trinajstić information content (AvgIpc) is 3.07. The fourth-order valence-corrected chi connectivity index (χ4v) is 5.23. The van der Waals surface area contributed by atoms with E-state index in [1.807, 2.05) is 6.92 Å². The Labute approximate surface area is 278 Å². The molecular weight excluding hydrogens is 633 g/mol. The van der Waals surface area contributed by atoms with Crippen LogP contribution in [0, 0.1) is 5.92 Å². The van der Waals surface area contributed by atoms with Crippen LogP contribution in [-0.2, 0) is 31.7 Å². The molecule has 3 atom stereocenters. The van der Waals surface area contributed by atoms with E-state index in [0.717, 1.165) is 12.1 Å². The molecule has 1 heterocycles. The highest BCUT2D eigenvalue weighted by atomic mass is 19.4. The van der Waals surface area contributed by atoms with Gasteiger partial charge in [-0.2, -0.15) is 13.2 Å². The number of anilines is 2. The summed E-state index contributed by atoms with van der Waals surface area (Å²) in [5.74, 6) is -0.630. The van der Waals surface area contributed by atoms with Crippen molar-refractivity contribution >= 4 is 35.2 Å². The molecule has 0 radical (unpaired) electrons. The Hall–Kier alpha value is -4.33. The number of esters is 1. The highest BCUT2D eigenvalue weighted by Crippen LogP contribution is 2.31. The maximum atomic E-state index is 13.5. The molecule has 264 valence electrons. The van der Waals surface area contributed by atoms with Crippen molar-refractivity contribution in [3.63, 3.8) is 0 Å². The second-order valence-corrected chi connectivity index (χ2v) is 12.0. The Morgan fingerprint density at radius 3 is 2.38 bits per heavy atom. The maximum absolute atomic E-state index is 13.5. The van der Waals surface area contributed by atoms with Gasteiger partial charge < -0.3 is 35.0 Å². The Bertz CT molecular complexity index is 1400. The monoisotopic (exact) mass is 678 g/mol. The van der Waals surface area contributed by atoms with Crippen LogP contribution in [0.25, 0.3) is 0 Å². The average molecular weight is 679 g/mol. The van der Waals surface area contributed by atoms with Crippen molar-refractivity contribution in [1.29, 1.82) is 0 Å². The molecule has 1 aliphatic rings. The normalized spacial score (nSPS) is 17.2. The number of ether oxygens (including phenoxy) is 2. The Balaban J connectivity index is 1.73. The summed E-state index contributed by atoms with van der Waals surface area (Å²) in [4.78, 5) is 53.5. The molecule has 2 aromatic rings. The summed E-state index contributed by atoms with van der Waals surface area (Å²) in [5, 5.41) is 15.3. The topological polar surface area (TPSA) is 138 Å². The molecule has 3 rings (SSSR count). The van der Waals surface area contributed by atoms with Gasteiger partial charge in [-0.25, -0.2) is 4.79 Å². The number of amides is 4. The number of aliphatic hydroxyl groups excluding tert-OH is 1. The molecule has 2 aromatic carbocycles. The number of nitrogens with zero attached hydrogens (tertiary/aromatic N) is 2. The molecule has 0 bridgehead atoms. The lowest BCUT2D eigenvalue weighted by Crippen LogP contribution is -2.48. The van der Waals surface area contributed by atoms with Gasteiger partial charge in [-0.3, -0.25) is 14.4 Å². The van der Waals surface area contributed by atoms with Gasteiger partial charge in [-0.15, -0.1) is 0 Å². The molecule has 11 nitrogen and oxygen atoms in total. The molecule has 3 N–H and O–H groups in total. The lowest BCUT2D eigenvalue weighted by molar-refractivity contribution is -0.143. The zero-order chi connectivity index (χ0) is 35.4. The van der Waals surface area contributed by atoms with Crippen LogP contribution in [0.15, 0.2) is 42.5 Å². The first-order valence-corrected chi connectivity index (χ1v) is 16.1. The molecule has 0 aromatic heterocycles. The van der Waals surface area contributed by atoms with E-state index >= 15 is 0 Å². The number of halogens is 3. The molecule has 0 saturated heterocycles. The van der Waals surface area contributed by atoms with Crippen LogP contribution in [0.1, 0.15) is 64.0 Å². The number of hydrogen-bond acceptors (Lipinski definition) is 7. The molecule has 0 saturated carbocycles. The Morgan fingerprint density at radius 1 is 1.06 bits per heavy atom. The zero-order valence-corrected chi connectivity index (χ0v) is 27.8. The molecule has 4 amide bonds. The number of carbonyl (C=O) groups is 4. The van der Waals surface area contributed by atoms with Gasteiger partial charge in [0.25, 0.3) is 0 Å². The van der Waals surface area contributed by atoms with E-state index in [-0.39, 0.29) is 61.9 Å². The number of urea groups is 1. The highest BCUT2D eigenvalue weighted by Gasteiger charge is 2.32. The molecule has 0 fully saturated rings. The number of nitrogens with one attached hydrogen (secondary N) is 2. The summed E-state index contributed by atoms with van der Waals surface area (Å²) < 4.78 is 50.1. The third kappa shape index (κ3) is 11.4. The van der Waals surface area contributed by atoms with Crippen LogP contribution >= 0.6 is 0 Å². The number of benzene rings is 2. The van der Waals surface area contributed by atoms with E-state index in [0.29, 0.717) is 49.3 Å². The number of likely N-dealkylation sites (N-methyl/N-ethyl adjacent to an activating group) is 1. The summed E-state index contributed by atoms with van der Waals surface area (Å²) in [7, 11) is 1.53. The molecule has 0 unspecified atom stereocenters. The summed E-state index contributed by atoms with van der Waals surface area (Å²) in [6.07, 6.45) is -2.72. The van der Waals surface area contributed by atoms with Gasteiger partial charge in [0.1, 0.15) is 11.9 Å². The van der Waals surface area contributed by atoms with E-state index in [1.165, 1.54) is 24.1 Å². The molecular formula is C34H45F3N4O7. The van der Waals surface area contributed by atoms with Crippen molar-refractivity contribution in [2.75, 3.05) is 44.0 Å². The van der Waals surface area contributed by atoms with E-state index in [1.54, 1.807) is 36.9 Å². The summed E-state index contributed by atoms with van der Waals surface area (Å²) in [6.45, 7) is 5.71. The predicted octanol–water partition coefficient (Wildman–Crippen LogP) is 5.47. The number of unbranched alkanes of at least 4 members (excludes halogenated alkanes) is 2. The van der Waals surface area contributed by atoms with Crippen LogP contribution in [0.5, 0.6) is 5.75 Å². The first kappa shape index (κ1) is 38.1. The predicted molar refractivity (Wildman–Crippen MR) is 173 cm³/mol. The summed E-state index contributed by atoms with van der Waals surface area (Å²) >= 11 is 0. The number of aliphatic hydroxyl groups is 1. The molecule has 0 aliphatic carbocycles. The minimum atomic E-state index is -4.50. The van der Waals surface area contributed by atoms with Crippen molar-refractivity contribution in [3.05, 3.63) is 53.6 Å². The van der Waals surface area contributed by atoms with Crippen LogP contribution in [-0.4, -0.2) is 84.2 Å². The first-order chi connectivity index (χ1) is 22.7. The van der Waals surface area contributed by atoms with Crippen molar-refractivity contribution < 1.29 is 46.9 Å². The lowest BCUT2D eigenvalue weighted by atomic mass is 10.0. The zero-order valence-electron chi connectivity index (χ0n) is 27.8. The van der Waals surface area contributed by atoms with E-state index < -0.39 is 29.9 Å². The van der Waals surface area contributed by atoms with Gasteiger partial charge in [0.05, 0.1) is 37.8 Å². The SMILES string of the molecule is CCOC(=O)CCCCCC(=O)Nc1ccc2c(c1)CC(=O)N([C@@H](C)CO)C[C@@H](C)[C@@H](CN(C)C(=O)Nc1ccc(C(F)(F)F)cc1)O2. The second kappa shape index (κ2) is 17.7. The molecule has 1 aliphatic heterocycles. The van der Waals surface area contributed by atoms with Crippen LogP contribution in [0.2, 0.25) is 0 Å². The Kier molecular flexibility index (Phi) is 14.1. The van der Waals surface area contributed by atoms with Gasteiger partial charge >= 0.3 is 18.2 Å². The quantitative estimate of drug-likeness (QED) is 0.189. The van der Waals surface area contributed by atoms with Crippen molar-refractivity contribution in [2.45, 2.75) is 77.6 Å². The number of rotatable bonds is 13. The van der Waals surface area contributed by atoms with Crippen LogP contribution in [0.3, 0.4) is 0 Å². The fraction of sp³-hybridized carbons (Fsp3) is 0.529. The van der Waals surface area contributed by atoms with Gasteiger partial charge in [0, 0.05) is 49.3 Å². The van der Waals surface area contributed by atoms with Crippen molar-refractivity contribution in [1.82, 2.24) is 9.80 Å². The number of alkyl halides is 3. The van der Waals surface area contributed by atoms with Gasteiger partial charge in [0.2, 0.25) is 11.8 Å². The minimum Gasteiger partial charge on any atom is -0.488 e. The minimum absolute atomic E-state index is 0.0546. The molecule has 48 heavy (non-hydrogen) atoms. The third-order valence-electron chi connectivity index (χ3n) is 8.05.